The van der Waals surface area contributed by atoms with Gasteiger partial charge in [0.25, 0.3) is 0 Å². The molecule has 0 aromatic heterocycles. The van der Waals surface area contributed by atoms with Crippen molar-refractivity contribution in [2.24, 2.45) is 0 Å². The smallest absolute Gasteiger partial charge is 0.144 e. The molecule has 16 heavy (non-hydrogen) atoms. The fourth-order valence-corrected chi connectivity index (χ4v) is 3.07. The topological polar surface area (TPSA) is 21.3 Å². The molecule has 0 saturated carbocycles. The van der Waals surface area contributed by atoms with Crippen LogP contribution in [0.1, 0.15) is 13.3 Å². The fourth-order valence-electron chi connectivity index (χ4n) is 1.92. The highest BCUT2D eigenvalue weighted by molar-refractivity contribution is 8.00. The Morgan fingerprint density at radius 3 is 2.94 bits per heavy atom. The van der Waals surface area contributed by atoms with Gasteiger partial charge in [-0.25, -0.2) is 4.39 Å². The van der Waals surface area contributed by atoms with Crippen LogP contribution in [0.3, 0.4) is 0 Å². The van der Waals surface area contributed by atoms with Gasteiger partial charge in [-0.05, 0) is 18.6 Å². The zero-order valence-electron chi connectivity index (χ0n) is 9.50. The second kappa shape index (κ2) is 4.95. The number of rotatable bonds is 3. The Kier molecular flexibility index (Phi) is 3.59. The van der Waals surface area contributed by atoms with Crippen LogP contribution in [0.15, 0.2) is 18.2 Å². The van der Waals surface area contributed by atoms with E-state index in [4.69, 9.17) is 4.74 Å². The van der Waals surface area contributed by atoms with Gasteiger partial charge in [-0.3, -0.25) is 0 Å². The van der Waals surface area contributed by atoms with Crippen molar-refractivity contribution < 1.29 is 9.13 Å². The van der Waals surface area contributed by atoms with Crippen molar-refractivity contribution in [2.45, 2.75) is 24.6 Å². The number of methoxy groups -OCH3 is 1. The summed E-state index contributed by atoms with van der Waals surface area (Å²) in [6, 6.07) is 5.06. The van der Waals surface area contributed by atoms with E-state index in [0.717, 1.165) is 17.9 Å². The van der Waals surface area contributed by atoms with Gasteiger partial charge in [0, 0.05) is 23.1 Å². The van der Waals surface area contributed by atoms with E-state index in [0.29, 0.717) is 17.0 Å². The number of thioether (sulfide) groups is 1. The van der Waals surface area contributed by atoms with Crippen LogP contribution in [-0.2, 0) is 0 Å². The molecule has 0 amide bonds. The third-order valence-electron chi connectivity index (χ3n) is 2.72. The van der Waals surface area contributed by atoms with Crippen molar-refractivity contribution in [3.05, 3.63) is 24.0 Å². The molecule has 1 aromatic carbocycles. The molecular formula is C12H16FNOS. The first-order chi connectivity index (χ1) is 7.69. The summed E-state index contributed by atoms with van der Waals surface area (Å²) in [5.41, 5.74) is 0.878. The van der Waals surface area contributed by atoms with Gasteiger partial charge < -0.3 is 10.1 Å². The maximum atomic E-state index is 13.0. The van der Waals surface area contributed by atoms with Gasteiger partial charge in [0.15, 0.2) is 0 Å². The molecule has 88 valence electrons. The first-order valence-corrected chi connectivity index (χ1v) is 6.45. The van der Waals surface area contributed by atoms with Crippen LogP contribution >= 0.6 is 11.8 Å². The zero-order chi connectivity index (χ0) is 11.5. The molecule has 2 atom stereocenters. The van der Waals surface area contributed by atoms with Crippen LogP contribution < -0.4 is 10.1 Å². The summed E-state index contributed by atoms with van der Waals surface area (Å²) in [6.07, 6.45) is 1.14. The van der Waals surface area contributed by atoms with Crippen LogP contribution in [-0.4, -0.2) is 24.2 Å². The SMILES string of the molecule is COc1cc(F)ccc1NC1CSC(C)C1. The largest absolute Gasteiger partial charge is 0.494 e. The Labute approximate surface area is 99.6 Å². The van der Waals surface area contributed by atoms with Gasteiger partial charge in [0.1, 0.15) is 11.6 Å². The van der Waals surface area contributed by atoms with E-state index in [-0.39, 0.29) is 5.82 Å². The Morgan fingerprint density at radius 1 is 1.50 bits per heavy atom. The van der Waals surface area contributed by atoms with Gasteiger partial charge in [0.2, 0.25) is 0 Å². The molecule has 1 fully saturated rings. The molecule has 1 aromatic rings. The van der Waals surface area contributed by atoms with E-state index in [1.165, 1.54) is 12.1 Å². The first-order valence-electron chi connectivity index (χ1n) is 5.40. The molecule has 1 heterocycles. The normalized spacial score (nSPS) is 24.4. The van der Waals surface area contributed by atoms with E-state index in [1.807, 2.05) is 11.8 Å². The van der Waals surface area contributed by atoms with Crippen molar-refractivity contribution in [1.82, 2.24) is 0 Å². The van der Waals surface area contributed by atoms with E-state index >= 15 is 0 Å². The Bertz CT molecular complexity index is 372. The summed E-state index contributed by atoms with van der Waals surface area (Å²) < 4.78 is 18.2. The molecule has 2 unspecified atom stereocenters. The third-order valence-corrected chi connectivity index (χ3v) is 4.08. The summed E-state index contributed by atoms with van der Waals surface area (Å²) >= 11 is 1.96. The number of anilines is 1. The van der Waals surface area contributed by atoms with Crippen molar-refractivity contribution in [1.29, 1.82) is 0 Å². The lowest BCUT2D eigenvalue weighted by Crippen LogP contribution is -2.19. The third kappa shape index (κ3) is 2.61. The second-order valence-corrected chi connectivity index (χ2v) is 5.54. The van der Waals surface area contributed by atoms with Crippen molar-refractivity contribution >= 4 is 17.4 Å². The predicted molar refractivity (Wildman–Crippen MR) is 66.9 cm³/mol. The molecule has 4 heteroatoms. The van der Waals surface area contributed by atoms with Gasteiger partial charge in [-0.15, -0.1) is 0 Å². The standard InChI is InChI=1S/C12H16FNOS/c1-8-5-10(7-16-8)14-11-4-3-9(13)6-12(11)15-2/h3-4,6,8,10,14H,5,7H2,1-2H3. The molecule has 0 spiro atoms. The van der Waals surface area contributed by atoms with Gasteiger partial charge in [0.05, 0.1) is 12.8 Å². The molecule has 1 aliphatic heterocycles. The maximum Gasteiger partial charge on any atom is 0.144 e. The summed E-state index contributed by atoms with van der Waals surface area (Å²) in [5.74, 6) is 1.41. The van der Waals surface area contributed by atoms with E-state index < -0.39 is 0 Å². The minimum absolute atomic E-state index is 0.267. The average molecular weight is 241 g/mol. The highest BCUT2D eigenvalue weighted by Gasteiger charge is 2.22. The lowest BCUT2D eigenvalue weighted by molar-refractivity contribution is 0.412. The Hall–Kier alpha value is -0.900. The molecule has 1 saturated heterocycles. The van der Waals surface area contributed by atoms with Crippen molar-refractivity contribution in [3.63, 3.8) is 0 Å². The number of hydrogen-bond acceptors (Lipinski definition) is 3. The van der Waals surface area contributed by atoms with Crippen LogP contribution in [0.25, 0.3) is 0 Å². The van der Waals surface area contributed by atoms with E-state index in [9.17, 15) is 4.39 Å². The highest BCUT2D eigenvalue weighted by atomic mass is 32.2. The quantitative estimate of drug-likeness (QED) is 0.878. The van der Waals surface area contributed by atoms with E-state index in [2.05, 4.69) is 12.2 Å². The lowest BCUT2D eigenvalue weighted by Gasteiger charge is -2.16. The maximum absolute atomic E-state index is 13.0. The average Bonchev–Trinajstić information content (AvgIpc) is 2.67. The molecule has 2 rings (SSSR count). The molecule has 1 N–H and O–H groups in total. The minimum atomic E-state index is -0.267. The first kappa shape index (κ1) is 11.6. The zero-order valence-corrected chi connectivity index (χ0v) is 10.3. The predicted octanol–water partition coefficient (Wildman–Crippen LogP) is 3.14. The number of halogens is 1. The minimum Gasteiger partial charge on any atom is -0.494 e. The van der Waals surface area contributed by atoms with Crippen molar-refractivity contribution in [3.8, 4) is 5.75 Å². The van der Waals surface area contributed by atoms with E-state index in [1.54, 1.807) is 13.2 Å². The van der Waals surface area contributed by atoms with Crippen LogP contribution in [0.4, 0.5) is 10.1 Å². The van der Waals surface area contributed by atoms with Crippen LogP contribution in [0, 0.1) is 5.82 Å². The van der Waals surface area contributed by atoms with Crippen LogP contribution in [0.2, 0.25) is 0 Å². The number of ether oxygens (including phenoxy) is 1. The highest BCUT2D eigenvalue weighted by Crippen LogP contribution is 2.31. The fraction of sp³-hybridized carbons (Fsp3) is 0.500. The Morgan fingerprint density at radius 2 is 2.31 bits per heavy atom. The summed E-state index contributed by atoms with van der Waals surface area (Å²) in [5, 5.41) is 4.10. The van der Waals surface area contributed by atoms with Crippen molar-refractivity contribution in [2.75, 3.05) is 18.2 Å². The summed E-state index contributed by atoms with van der Waals surface area (Å²) in [4.78, 5) is 0. The molecule has 1 aliphatic rings. The monoisotopic (exact) mass is 241 g/mol. The number of nitrogens with one attached hydrogen (secondary N) is 1. The number of hydrogen-bond donors (Lipinski definition) is 1. The lowest BCUT2D eigenvalue weighted by atomic mass is 10.2. The molecule has 0 radical (unpaired) electrons. The van der Waals surface area contributed by atoms with Gasteiger partial charge in [-0.2, -0.15) is 11.8 Å². The molecule has 2 nitrogen and oxygen atoms in total. The number of benzene rings is 1. The second-order valence-electron chi connectivity index (χ2n) is 4.07. The van der Waals surface area contributed by atoms with Gasteiger partial charge >= 0.3 is 0 Å². The summed E-state index contributed by atoms with van der Waals surface area (Å²) in [7, 11) is 1.56. The summed E-state index contributed by atoms with van der Waals surface area (Å²) in [6.45, 7) is 2.23. The molecule has 0 bridgehead atoms. The Balaban J connectivity index is 2.08. The molecular weight excluding hydrogens is 225 g/mol. The van der Waals surface area contributed by atoms with Gasteiger partial charge in [-0.1, -0.05) is 6.92 Å². The van der Waals surface area contributed by atoms with Crippen LogP contribution in [0.5, 0.6) is 5.75 Å². The molecule has 0 aliphatic carbocycles.